The van der Waals surface area contributed by atoms with E-state index in [2.05, 4.69) is 25.5 Å². The predicted molar refractivity (Wildman–Crippen MR) is 107 cm³/mol. The lowest BCUT2D eigenvalue weighted by Gasteiger charge is -2.38. The van der Waals surface area contributed by atoms with Gasteiger partial charge in [0.05, 0.1) is 23.2 Å². The zero-order valence-electron chi connectivity index (χ0n) is 15.8. The van der Waals surface area contributed by atoms with Crippen molar-refractivity contribution in [1.29, 1.82) is 0 Å². The fourth-order valence-corrected chi connectivity index (χ4v) is 4.48. The van der Waals surface area contributed by atoms with E-state index in [0.29, 0.717) is 28.2 Å². The quantitative estimate of drug-likeness (QED) is 0.619. The molecule has 2 saturated heterocycles. The van der Waals surface area contributed by atoms with Crippen molar-refractivity contribution in [2.24, 2.45) is 0 Å². The van der Waals surface area contributed by atoms with Gasteiger partial charge in [0.25, 0.3) is 5.56 Å². The molecule has 0 aliphatic carbocycles. The molecule has 4 heterocycles. The molecule has 0 saturated carbocycles. The van der Waals surface area contributed by atoms with E-state index in [1.165, 1.54) is 6.07 Å². The number of nitrogens with one attached hydrogen (secondary N) is 2. The molecular weight excluding hydrogens is 375 g/mol. The number of rotatable bonds is 3. The van der Waals surface area contributed by atoms with Crippen LogP contribution in [0.15, 0.2) is 35.4 Å². The molecule has 0 radical (unpaired) electrons. The van der Waals surface area contributed by atoms with Crippen molar-refractivity contribution < 1.29 is 9.50 Å². The summed E-state index contributed by atoms with van der Waals surface area (Å²) in [7, 11) is 1.81. The van der Waals surface area contributed by atoms with Gasteiger partial charge in [-0.1, -0.05) is 0 Å². The second kappa shape index (κ2) is 6.77. The number of piperidine rings is 1. The van der Waals surface area contributed by atoms with Gasteiger partial charge in [0.15, 0.2) is 11.6 Å². The Labute approximate surface area is 165 Å². The molecule has 8 nitrogen and oxygen atoms in total. The number of H-pyrrole nitrogens is 1. The number of halogens is 1. The molecule has 3 aromatic rings. The number of hydrogen-bond acceptors (Lipinski definition) is 7. The Morgan fingerprint density at radius 1 is 1.28 bits per heavy atom. The van der Waals surface area contributed by atoms with Crippen LogP contribution in [0.1, 0.15) is 19.3 Å². The average Bonchev–Trinajstić information content (AvgIpc) is 3.14. The molecule has 2 bridgehead atoms. The Bertz CT molecular complexity index is 1120. The zero-order chi connectivity index (χ0) is 20.1. The number of aromatic nitrogens is 4. The van der Waals surface area contributed by atoms with Gasteiger partial charge >= 0.3 is 0 Å². The summed E-state index contributed by atoms with van der Waals surface area (Å²) in [5, 5.41) is 23.1. The van der Waals surface area contributed by atoms with Crippen LogP contribution in [0.3, 0.4) is 0 Å². The normalized spacial score (nSPS) is 26.0. The van der Waals surface area contributed by atoms with Crippen molar-refractivity contribution in [3.8, 4) is 17.1 Å². The molecular formula is C20H21FN6O2. The topological polar surface area (TPSA) is 107 Å². The molecule has 29 heavy (non-hydrogen) atoms. The summed E-state index contributed by atoms with van der Waals surface area (Å²) in [5.74, 6) is 0.624. The van der Waals surface area contributed by atoms with Crippen molar-refractivity contribution in [3.63, 3.8) is 0 Å². The van der Waals surface area contributed by atoms with Gasteiger partial charge < -0.3 is 20.3 Å². The van der Waals surface area contributed by atoms with Crippen LogP contribution >= 0.6 is 0 Å². The fourth-order valence-electron chi connectivity index (χ4n) is 4.48. The maximum atomic E-state index is 14.8. The number of phenols is 1. The molecule has 2 aliphatic rings. The Kier molecular flexibility index (Phi) is 4.20. The third kappa shape index (κ3) is 3.02. The Morgan fingerprint density at radius 3 is 2.93 bits per heavy atom. The van der Waals surface area contributed by atoms with E-state index < -0.39 is 6.17 Å². The average molecular weight is 396 g/mol. The van der Waals surface area contributed by atoms with E-state index >= 15 is 0 Å². The summed E-state index contributed by atoms with van der Waals surface area (Å²) in [6, 6.07) is 4.77. The van der Waals surface area contributed by atoms with Gasteiger partial charge in [-0.05, 0) is 42.8 Å². The summed E-state index contributed by atoms with van der Waals surface area (Å²) in [4.78, 5) is 20.6. The highest BCUT2D eigenvalue weighted by molar-refractivity contribution is 5.88. The number of pyridine rings is 1. The monoisotopic (exact) mass is 396 g/mol. The fraction of sp³-hybridized carbons (Fsp3) is 0.400. The summed E-state index contributed by atoms with van der Waals surface area (Å²) < 4.78 is 14.8. The number of anilines is 1. The van der Waals surface area contributed by atoms with Gasteiger partial charge in [-0.15, -0.1) is 10.2 Å². The van der Waals surface area contributed by atoms with Crippen molar-refractivity contribution >= 4 is 16.6 Å². The SMILES string of the molecule is CN(c1cnc(-c2cc3cc[nH]c(=O)c3cc2O)nn1)[C@H]1CC2CCC(N2)[C@H]1F. The van der Waals surface area contributed by atoms with Crippen LogP contribution in [-0.2, 0) is 0 Å². The standard InChI is InChI=1S/C20H21FN6O2/c1-27(15-7-11-2-3-14(24-11)18(15)21)17-9-23-19(26-25-17)13-6-10-4-5-22-20(29)12(10)8-16(13)28/h4-6,8-9,11,14-15,18,24,28H,2-3,7H2,1H3,(H,22,29)/t11?,14?,15-,18+/m0/s1. The number of benzene rings is 1. The first kappa shape index (κ1) is 18.0. The van der Waals surface area contributed by atoms with Crippen LogP contribution in [-0.4, -0.2) is 56.6 Å². The molecule has 0 amide bonds. The maximum Gasteiger partial charge on any atom is 0.255 e. The molecule has 9 heteroatoms. The first-order chi connectivity index (χ1) is 14.0. The number of alkyl halides is 1. The van der Waals surface area contributed by atoms with Crippen LogP contribution in [0.2, 0.25) is 0 Å². The van der Waals surface area contributed by atoms with Crippen LogP contribution in [0.4, 0.5) is 10.2 Å². The Balaban J connectivity index is 1.44. The molecule has 2 unspecified atom stereocenters. The summed E-state index contributed by atoms with van der Waals surface area (Å²) in [5.41, 5.74) is 0.102. The van der Waals surface area contributed by atoms with Crippen LogP contribution in [0.25, 0.3) is 22.2 Å². The van der Waals surface area contributed by atoms with Crippen LogP contribution in [0, 0.1) is 0 Å². The molecule has 2 aliphatic heterocycles. The van der Waals surface area contributed by atoms with Gasteiger partial charge in [-0.3, -0.25) is 4.79 Å². The first-order valence-electron chi connectivity index (χ1n) is 9.69. The number of hydrogen-bond donors (Lipinski definition) is 3. The lowest BCUT2D eigenvalue weighted by atomic mass is 9.96. The number of fused-ring (bicyclic) bond motifs is 3. The molecule has 3 N–H and O–H groups in total. The molecule has 150 valence electrons. The second-order valence-electron chi connectivity index (χ2n) is 7.81. The highest BCUT2D eigenvalue weighted by atomic mass is 19.1. The van der Waals surface area contributed by atoms with Gasteiger partial charge in [-0.25, -0.2) is 9.37 Å². The lowest BCUT2D eigenvalue weighted by molar-refractivity contribution is 0.176. The zero-order valence-corrected chi connectivity index (χ0v) is 15.8. The lowest BCUT2D eigenvalue weighted by Crippen LogP contribution is -2.55. The second-order valence-corrected chi connectivity index (χ2v) is 7.81. The number of aromatic hydroxyl groups is 1. The minimum atomic E-state index is -0.970. The van der Waals surface area contributed by atoms with Crippen molar-refractivity contribution in [1.82, 2.24) is 25.5 Å². The molecule has 5 rings (SSSR count). The van der Waals surface area contributed by atoms with Crippen molar-refractivity contribution in [2.75, 3.05) is 11.9 Å². The van der Waals surface area contributed by atoms with E-state index in [9.17, 15) is 14.3 Å². The van der Waals surface area contributed by atoms with Gasteiger partial charge in [0.1, 0.15) is 11.9 Å². The number of phenolic OH excluding ortho intramolecular Hbond substituents is 1. The molecule has 1 aromatic carbocycles. The van der Waals surface area contributed by atoms with Crippen LogP contribution in [0.5, 0.6) is 5.75 Å². The summed E-state index contributed by atoms with van der Waals surface area (Å²) >= 11 is 0. The molecule has 2 fully saturated rings. The minimum absolute atomic E-state index is 0.0981. The third-order valence-corrected chi connectivity index (χ3v) is 6.09. The third-order valence-electron chi connectivity index (χ3n) is 6.09. The number of nitrogens with zero attached hydrogens (tertiary/aromatic N) is 4. The van der Waals surface area contributed by atoms with Crippen LogP contribution < -0.4 is 15.8 Å². The van der Waals surface area contributed by atoms with Gasteiger partial charge in [0.2, 0.25) is 0 Å². The van der Waals surface area contributed by atoms with E-state index in [0.717, 1.165) is 19.3 Å². The van der Waals surface area contributed by atoms with Crippen molar-refractivity contribution in [3.05, 3.63) is 40.9 Å². The van der Waals surface area contributed by atoms with Crippen molar-refractivity contribution in [2.45, 2.75) is 43.6 Å². The maximum absolute atomic E-state index is 14.8. The summed E-state index contributed by atoms with van der Waals surface area (Å²) in [6.07, 6.45) is 4.70. The summed E-state index contributed by atoms with van der Waals surface area (Å²) in [6.45, 7) is 0. The van der Waals surface area contributed by atoms with E-state index in [1.54, 1.807) is 29.4 Å². The van der Waals surface area contributed by atoms with E-state index in [-0.39, 0.29) is 29.2 Å². The predicted octanol–water partition coefficient (Wildman–Crippen LogP) is 1.75. The molecule has 4 atom stereocenters. The Morgan fingerprint density at radius 2 is 2.14 bits per heavy atom. The highest BCUT2D eigenvalue weighted by Crippen LogP contribution is 2.34. The minimum Gasteiger partial charge on any atom is -0.507 e. The van der Waals surface area contributed by atoms with Gasteiger partial charge in [-0.2, -0.15) is 0 Å². The number of aromatic amines is 1. The van der Waals surface area contributed by atoms with Gasteiger partial charge in [0, 0.05) is 25.3 Å². The smallest absolute Gasteiger partial charge is 0.255 e. The first-order valence-corrected chi connectivity index (χ1v) is 9.69. The molecule has 0 spiro atoms. The van der Waals surface area contributed by atoms with E-state index in [4.69, 9.17) is 0 Å². The van der Waals surface area contributed by atoms with E-state index in [1.807, 2.05) is 7.05 Å². The highest BCUT2D eigenvalue weighted by Gasteiger charge is 2.43. The largest absolute Gasteiger partial charge is 0.507 e. The Hall–Kier alpha value is -3.07. The molecule has 2 aromatic heterocycles.